The van der Waals surface area contributed by atoms with Gasteiger partial charge in [-0.25, -0.2) is 0 Å². The van der Waals surface area contributed by atoms with Crippen LogP contribution in [-0.4, -0.2) is 17.3 Å². The summed E-state index contributed by atoms with van der Waals surface area (Å²) in [6.07, 6.45) is 3.12. The highest BCUT2D eigenvalue weighted by Crippen LogP contribution is 2.42. The Morgan fingerprint density at radius 1 is 1.33 bits per heavy atom. The number of hydrogen-bond acceptors (Lipinski definition) is 2. The normalized spacial score (nSPS) is 11.5. The van der Waals surface area contributed by atoms with Gasteiger partial charge in [-0.3, -0.25) is 4.98 Å². The van der Waals surface area contributed by atoms with Gasteiger partial charge < -0.3 is 4.57 Å². The lowest BCUT2D eigenvalue weighted by Gasteiger charge is -2.12. The summed E-state index contributed by atoms with van der Waals surface area (Å²) < 4.78 is 12.1. The van der Waals surface area contributed by atoms with Crippen LogP contribution in [0.3, 0.4) is 0 Å². The molecule has 0 aliphatic heterocycles. The molecule has 0 N–H and O–H groups in total. The summed E-state index contributed by atoms with van der Waals surface area (Å²) in [7, 11) is -2.14. The summed E-state index contributed by atoms with van der Waals surface area (Å²) in [4.78, 5) is 4.13. The van der Waals surface area contributed by atoms with Gasteiger partial charge in [-0.05, 0) is 12.1 Å². The first-order valence-corrected chi connectivity index (χ1v) is 6.30. The number of pyridine rings is 1. The van der Waals surface area contributed by atoms with Crippen LogP contribution < -0.4 is 5.44 Å². The van der Waals surface area contributed by atoms with E-state index in [9.17, 15) is 4.57 Å². The summed E-state index contributed by atoms with van der Waals surface area (Å²) in [5, 5.41) is 0. The zero-order valence-electron chi connectivity index (χ0n) is 7.53. The second-order valence-electron chi connectivity index (χ2n) is 2.71. The van der Waals surface area contributed by atoms with Crippen LogP contribution in [0.4, 0.5) is 0 Å². The Bertz CT molecular complexity index is 276. The molecular formula is C9H14NOP. The van der Waals surface area contributed by atoms with Crippen molar-refractivity contribution in [2.75, 3.05) is 12.3 Å². The van der Waals surface area contributed by atoms with Crippen molar-refractivity contribution in [3.63, 3.8) is 0 Å². The number of nitrogens with zero attached hydrogens (tertiary/aromatic N) is 1. The molecule has 1 rings (SSSR count). The van der Waals surface area contributed by atoms with Crippen molar-refractivity contribution in [2.24, 2.45) is 0 Å². The zero-order chi connectivity index (χ0) is 9.03. The minimum atomic E-state index is -2.14. The highest BCUT2D eigenvalue weighted by Gasteiger charge is 2.20. The van der Waals surface area contributed by atoms with E-state index < -0.39 is 7.14 Å². The molecule has 0 unspecified atom stereocenters. The minimum absolute atomic E-state index is 0.709. The van der Waals surface area contributed by atoms with E-state index >= 15 is 0 Å². The Balaban J connectivity index is 3.04. The van der Waals surface area contributed by atoms with Crippen molar-refractivity contribution in [2.45, 2.75) is 13.8 Å². The second kappa shape index (κ2) is 3.86. The highest BCUT2D eigenvalue weighted by molar-refractivity contribution is 7.71. The Labute approximate surface area is 73.4 Å². The standard InChI is InChI=1S/C9H14NOP/c1-3-12(11,4-2)9-7-5-6-8-10-9/h5-8H,3-4H2,1-2H3. The lowest BCUT2D eigenvalue weighted by Crippen LogP contribution is -2.11. The SMILES string of the molecule is CCP(=O)(CC)c1ccccn1. The van der Waals surface area contributed by atoms with Crippen molar-refractivity contribution in [1.82, 2.24) is 4.98 Å². The van der Waals surface area contributed by atoms with Crippen LogP contribution in [0.25, 0.3) is 0 Å². The van der Waals surface area contributed by atoms with Gasteiger partial charge in [-0.2, -0.15) is 0 Å². The van der Waals surface area contributed by atoms with Gasteiger partial charge in [0.2, 0.25) is 0 Å². The Hall–Kier alpha value is -0.620. The van der Waals surface area contributed by atoms with E-state index in [1.54, 1.807) is 6.20 Å². The molecule has 0 amide bonds. The van der Waals surface area contributed by atoms with Gasteiger partial charge in [0.15, 0.2) is 0 Å². The Morgan fingerprint density at radius 3 is 2.42 bits per heavy atom. The van der Waals surface area contributed by atoms with Gasteiger partial charge in [-0.15, -0.1) is 0 Å². The molecule has 0 radical (unpaired) electrons. The maximum atomic E-state index is 12.1. The molecule has 2 nitrogen and oxygen atoms in total. The van der Waals surface area contributed by atoms with Gasteiger partial charge in [0.05, 0.1) is 5.44 Å². The van der Waals surface area contributed by atoms with Crippen molar-refractivity contribution in [3.8, 4) is 0 Å². The van der Waals surface area contributed by atoms with E-state index in [-0.39, 0.29) is 0 Å². The molecular weight excluding hydrogens is 169 g/mol. The molecule has 1 heterocycles. The molecule has 0 aromatic carbocycles. The van der Waals surface area contributed by atoms with Crippen LogP contribution in [0.2, 0.25) is 0 Å². The van der Waals surface area contributed by atoms with E-state index in [1.165, 1.54) is 0 Å². The van der Waals surface area contributed by atoms with Crippen LogP contribution in [-0.2, 0) is 4.57 Å². The fraction of sp³-hybridized carbons (Fsp3) is 0.444. The molecule has 66 valence electrons. The van der Waals surface area contributed by atoms with Gasteiger partial charge in [0, 0.05) is 18.5 Å². The maximum Gasteiger partial charge on any atom is 0.132 e. The molecule has 0 atom stereocenters. The first kappa shape index (κ1) is 9.47. The zero-order valence-corrected chi connectivity index (χ0v) is 8.42. The van der Waals surface area contributed by atoms with E-state index in [1.807, 2.05) is 32.0 Å². The summed E-state index contributed by atoms with van der Waals surface area (Å²) in [5.74, 6) is 0. The van der Waals surface area contributed by atoms with Crippen molar-refractivity contribution in [1.29, 1.82) is 0 Å². The summed E-state index contributed by atoms with van der Waals surface area (Å²) in [6.45, 7) is 3.91. The molecule has 3 heteroatoms. The maximum absolute atomic E-state index is 12.1. The lowest BCUT2D eigenvalue weighted by atomic mass is 10.5. The van der Waals surface area contributed by atoms with Crippen molar-refractivity contribution >= 4 is 12.6 Å². The molecule has 0 saturated carbocycles. The lowest BCUT2D eigenvalue weighted by molar-refractivity contribution is 0.582. The Kier molecular flexibility index (Phi) is 3.05. The smallest absolute Gasteiger partial charge is 0.132 e. The molecule has 12 heavy (non-hydrogen) atoms. The van der Waals surface area contributed by atoms with E-state index in [0.717, 1.165) is 5.44 Å². The number of hydrogen-bond donors (Lipinski definition) is 0. The largest absolute Gasteiger partial charge is 0.317 e. The third-order valence-corrected chi connectivity index (χ3v) is 5.23. The molecule has 0 aliphatic rings. The van der Waals surface area contributed by atoms with E-state index in [4.69, 9.17) is 0 Å². The number of rotatable bonds is 3. The molecule has 0 fully saturated rings. The van der Waals surface area contributed by atoms with Crippen LogP contribution in [0.5, 0.6) is 0 Å². The Morgan fingerprint density at radius 2 is 2.00 bits per heavy atom. The minimum Gasteiger partial charge on any atom is -0.317 e. The second-order valence-corrected chi connectivity index (χ2v) is 6.21. The van der Waals surface area contributed by atoms with Gasteiger partial charge in [0.1, 0.15) is 7.14 Å². The number of aromatic nitrogens is 1. The molecule has 0 bridgehead atoms. The first-order chi connectivity index (χ1) is 5.73. The van der Waals surface area contributed by atoms with Crippen molar-refractivity contribution in [3.05, 3.63) is 24.4 Å². The van der Waals surface area contributed by atoms with Gasteiger partial charge >= 0.3 is 0 Å². The third kappa shape index (κ3) is 1.75. The quantitative estimate of drug-likeness (QED) is 0.672. The fourth-order valence-corrected chi connectivity index (χ4v) is 2.87. The van der Waals surface area contributed by atoms with E-state index in [0.29, 0.717) is 12.3 Å². The highest BCUT2D eigenvalue weighted by atomic mass is 31.2. The molecule has 0 aliphatic carbocycles. The molecule has 0 saturated heterocycles. The summed E-state index contributed by atoms with van der Waals surface area (Å²) in [5.41, 5.74) is 0.773. The summed E-state index contributed by atoms with van der Waals surface area (Å²) in [6, 6.07) is 5.59. The van der Waals surface area contributed by atoms with Gasteiger partial charge in [0.25, 0.3) is 0 Å². The van der Waals surface area contributed by atoms with Crippen LogP contribution >= 0.6 is 7.14 Å². The van der Waals surface area contributed by atoms with Crippen LogP contribution in [0.15, 0.2) is 24.4 Å². The average Bonchev–Trinajstić information content (AvgIpc) is 2.18. The van der Waals surface area contributed by atoms with Crippen LogP contribution in [0, 0.1) is 0 Å². The monoisotopic (exact) mass is 183 g/mol. The van der Waals surface area contributed by atoms with Crippen LogP contribution in [0.1, 0.15) is 13.8 Å². The molecule has 1 aromatic heterocycles. The van der Waals surface area contributed by atoms with Crippen molar-refractivity contribution < 1.29 is 4.57 Å². The third-order valence-electron chi connectivity index (χ3n) is 2.09. The molecule has 0 spiro atoms. The summed E-state index contributed by atoms with van der Waals surface area (Å²) >= 11 is 0. The molecule has 1 aromatic rings. The average molecular weight is 183 g/mol. The predicted octanol–water partition coefficient (Wildman–Crippen LogP) is 2.11. The fourth-order valence-electron chi connectivity index (χ4n) is 1.14. The predicted molar refractivity (Wildman–Crippen MR) is 52.6 cm³/mol. The first-order valence-electron chi connectivity index (χ1n) is 4.22. The van der Waals surface area contributed by atoms with E-state index in [2.05, 4.69) is 4.98 Å². The van der Waals surface area contributed by atoms with Gasteiger partial charge in [-0.1, -0.05) is 19.9 Å². The topological polar surface area (TPSA) is 30.0 Å².